The van der Waals surface area contributed by atoms with Gasteiger partial charge < -0.3 is 14.6 Å². The smallest absolute Gasteiger partial charge is 0.378 e. The Morgan fingerprint density at radius 2 is 1.35 bits per heavy atom. The number of halogens is 6. The monoisotopic (exact) mass is 380 g/mol. The third kappa shape index (κ3) is 3.04. The van der Waals surface area contributed by atoms with Gasteiger partial charge in [0.15, 0.2) is 0 Å². The number of aliphatic hydroxyl groups is 1. The van der Waals surface area contributed by atoms with E-state index in [1.165, 1.54) is 11.5 Å². The van der Waals surface area contributed by atoms with E-state index in [-0.39, 0.29) is 11.4 Å². The number of benzene rings is 1. The molecule has 0 spiro atoms. The van der Waals surface area contributed by atoms with Gasteiger partial charge >= 0.3 is 12.4 Å². The van der Waals surface area contributed by atoms with Crippen LogP contribution in [0, 0.1) is 13.8 Å². The van der Waals surface area contributed by atoms with Crippen LogP contribution in [0.5, 0.6) is 0 Å². The zero-order valence-electron chi connectivity index (χ0n) is 14.5. The molecule has 1 aromatic carbocycles. The molecule has 1 heterocycles. The van der Waals surface area contributed by atoms with E-state index in [4.69, 9.17) is 0 Å². The Labute approximate surface area is 146 Å². The van der Waals surface area contributed by atoms with Gasteiger partial charge in [-0.15, -0.1) is 0 Å². The van der Waals surface area contributed by atoms with E-state index in [9.17, 15) is 31.4 Å². The predicted octanol–water partition coefficient (Wildman–Crippen LogP) is 4.47. The molecule has 1 N–H and O–H groups in total. The van der Waals surface area contributed by atoms with E-state index in [2.05, 4.69) is 0 Å². The maximum Gasteiger partial charge on any atom is 0.430 e. The van der Waals surface area contributed by atoms with Crippen LogP contribution in [-0.2, 0) is 5.60 Å². The molecule has 0 saturated carbocycles. The maximum absolute atomic E-state index is 13.2. The van der Waals surface area contributed by atoms with Gasteiger partial charge in [0.2, 0.25) is 0 Å². The minimum atomic E-state index is -5.91. The fourth-order valence-corrected chi connectivity index (χ4v) is 2.89. The zero-order valence-corrected chi connectivity index (χ0v) is 14.5. The predicted molar refractivity (Wildman–Crippen MR) is 85.6 cm³/mol. The first kappa shape index (κ1) is 20.2. The van der Waals surface area contributed by atoms with Gasteiger partial charge in [0.25, 0.3) is 5.60 Å². The Morgan fingerprint density at radius 1 is 0.885 bits per heavy atom. The first-order valence-corrected chi connectivity index (χ1v) is 7.55. The molecule has 2 aromatic rings. The lowest BCUT2D eigenvalue weighted by atomic mass is 9.92. The second-order valence-electron chi connectivity index (χ2n) is 6.24. The SMILES string of the molecule is Cc1cc(C(O)(C(F)(F)F)C(F)(F)F)c(C)n1-c1ccc(N(C)C)cc1. The summed E-state index contributed by atoms with van der Waals surface area (Å²) in [5, 5.41) is 9.67. The van der Waals surface area contributed by atoms with Crippen molar-refractivity contribution in [1.29, 1.82) is 0 Å². The summed E-state index contributed by atoms with van der Waals surface area (Å²) in [5.41, 5.74) is -5.16. The third-order valence-corrected chi connectivity index (χ3v) is 4.27. The first-order valence-electron chi connectivity index (χ1n) is 7.55. The van der Waals surface area contributed by atoms with Gasteiger partial charge in [-0.05, 0) is 44.2 Å². The molecular weight excluding hydrogens is 362 g/mol. The van der Waals surface area contributed by atoms with Gasteiger partial charge in [-0.2, -0.15) is 26.3 Å². The molecule has 0 unspecified atom stereocenters. The minimum Gasteiger partial charge on any atom is -0.378 e. The average molecular weight is 380 g/mol. The molecule has 144 valence electrons. The van der Waals surface area contributed by atoms with Crippen molar-refractivity contribution in [3.8, 4) is 5.69 Å². The summed E-state index contributed by atoms with van der Waals surface area (Å²) >= 11 is 0. The van der Waals surface area contributed by atoms with Crippen molar-refractivity contribution in [2.24, 2.45) is 0 Å². The Balaban J connectivity index is 2.67. The van der Waals surface area contributed by atoms with E-state index in [1.54, 1.807) is 43.3 Å². The van der Waals surface area contributed by atoms with E-state index < -0.39 is 23.5 Å². The summed E-state index contributed by atoms with van der Waals surface area (Å²) in [6.45, 7) is 2.49. The van der Waals surface area contributed by atoms with Crippen molar-refractivity contribution in [1.82, 2.24) is 4.57 Å². The van der Waals surface area contributed by atoms with E-state index in [1.807, 2.05) is 0 Å². The topological polar surface area (TPSA) is 28.4 Å². The summed E-state index contributed by atoms with van der Waals surface area (Å²) in [6.07, 6.45) is -11.8. The minimum absolute atomic E-state index is 0.141. The van der Waals surface area contributed by atoms with Gasteiger partial charge in [-0.25, -0.2) is 0 Å². The van der Waals surface area contributed by atoms with Crippen molar-refractivity contribution in [2.45, 2.75) is 31.8 Å². The molecule has 0 aliphatic rings. The highest BCUT2D eigenvalue weighted by Gasteiger charge is 2.72. The number of hydrogen-bond donors (Lipinski definition) is 1. The van der Waals surface area contributed by atoms with Crippen LogP contribution in [0.3, 0.4) is 0 Å². The largest absolute Gasteiger partial charge is 0.430 e. The average Bonchev–Trinajstić information content (AvgIpc) is 2.79. The molecule has 0 aliphatic carbocycles. The molecule has 9 heteroatoms. The van der Waals surface area contributed by atoms with Crippen LogP contribution in [-0.4, -0.2) is 36.1 Å². The standard InChI is InChI=1S/C17H18F6N2O/c1-10-9-14(15(26,16(18,19)20)17(21,22)23)11(2)25(10)13-7-5-12(6-8-13)24(3)4/h5-9,26H,1-4H3. The molecule has 0 bridgehead atoms. The van der Waals surface area contributed by atoms with Crippen LogP contribution in [0.1, 0.15) is 17.0 Å². The molecule has 0 aliphatic heterocycles. The Hall–Kier alpha value is -2.16. The Bertz CT molecular complexity index is 773. The van der Waals surface area contributed by atoms with Crippen molar-refractivity contribution >= 4 is 5.69 Å². The lowest BCUT2D eigenvalue weighted by molar-refractivity contribution is -0.376. The first-order chi connectivity index (χ1) is 11.7. The molecule has 0 amide bonds. The molecule has 2 rings (SSSR count). The van der Waals surface area contributed by atoms with Crippen LogP contribution in [0.15, 0.2) is 30.3 Å². The summed E-state index contributed by atoms with van der Waals surface area (Å²) in [5.74, 6) is 0. The number of hydrogen-bond acceptors (Lipinski definition) is 2. The summed E-state index contributed by atoms with van der Waals surface area (Å²) in [7, 11) is 3.60. The van der Waals surface area contributed by atoms with Crippen LogP contribution >= 0.6 is 0 Å². The van der Waals surface area contributed by atoms with Crippen molar-refractivity contribution in [2.75, 3.05) is 19.0 Å². The normalized spacial score (nSPS) is 13.2. The molecule has 0 radical (unpaired) electrons. The van der Waals surface area contributed by atoms with E-state index in [0.29, 0.717) is 5.69 Å². The summed E-state index contributed by atoms with van der Waals surface area (Å²) < 4.78 is 80.2. The molecular formula is C17H18F6N2O. The molecule has 0 atom stereocenters. The molecule has 1 aromatic heterocycles. The lowest BCUT2D eigenvalue weighted by Crippen LogP contribution is -2.54. The molecule has 3 nitrogen and oxygen atoms in total. The van der Waals surface area contributed by atoms with Crippen molar-refractivity contribution in [3.63, 3.8) is 0 Å². The number of aromatic nitrogens is 1. The third-order valence-electron chi connectivity index (χ3n) is 4.27. The Kier molecular flexibility index (Phi) is 4.82. The quantitative estimate of drug-likeness (QED) is 0.796. The number of anilines is 1. The van der Waals surface area contributed by atoms with Crippen LogP contribution in [0.2, 0.25) is 0 Å². The number of nitrogens with zero attached hydrogens (tertiary/aromatic N) is 2. The van der Waals surface area contributed by atoms with Crippen molar-refractivity contribution in [3.05, 3.63) is 47.3 Å². The molecule has 0 fully saturated rings. The zero-order chi connectivity index (χ0) is 20.1. The fraction of sp³-hybridized carbons (Fsp3) is 0.412. The second kappa shape index (κ2) is 6.22. The van der Waals surface area contributed by atoms with E-state index >= 15 is 0 Å². The van der Waals surface area contributed by atoms with Crippen LogP contribution in [0.25, 0.3) is 5.69 Å². The highest BCUT2D eigenvalue weighted by molar-refractivity contribution is 5.52. The maximum atomic E-state index is 13.2. The number of aryl methyl sites for hydroxylation is 1. The Morgan fingerprint density at radius 3 is 1.73 bits per heavy atom. The van der Waals surface area contributed by atoms with Crippen molar-refractivity contribution < 1.29 is 31.4 Å². The summed E-state index contributed by atoms with van der Waals surface area (Å²) in [4.78, 5) is 1.80. The summed E-state index contributed by atoms with van der Waals surface area (Å²) in [6, 6.07) is 7.26. The van der Waals surface area contributed by atoms with E-state index in [0.717, 1.165) is 18.7 Å². The van der Waals surface area contributed by atoms with Crippen LogP contribution in [0.4, 0.5) is 32.0 Å². The van der Waals surface area contributed by atoms with Gasteiger partial charge in [0.05, 0.1) is 0 Å². The highest BCUT2D eigenvalue weighted by atomic mass is 19.4. The molecule has 26 heavy (non-hydrogen) atoms. The fourth-order valence-electron chi connectivity index (χ4n) is 2.89. The van der Waals surface area contributed by atoms with Gasteiger partial charge in [-0.1, -0.05) is 0 Å². The number of rotatable bonds is 3. The van der Waals surface area contributed by atoms with Gasteiger partial charge in [0.1, 0.15) is 0 Å². The number of alkyl halides is 6. The lowest BCUT2D eigenvalue weighted by Gasteiger charge is -2.32. The van der Waals surface area contributed by atoms with Gasteiger partial charge in [-0.3, -0.25) is 0 Å². The van der Waals surface area contributed by atoms with Gasteiger partial charge in [0, 0.05) is 42.4 Å². The van der Waals surface area contributed by atoms with Crippen LogP contribution < -0.4 is 4.90 Å². The second-order valence-corrected chi connectivity index (χ2v) is 6.24. The molecule has 0 saturated heterocycles. The highest BCUT2D eigenvalue weighted by Crippen LogP contribution is 2.51.